The molecule has 0 aliphatic rings. The minimum atomic E-state index is -0.336. The van der Waals surface area contributed by atoms with Crippen LogP contribution in [0.3, 0.4) is 0 Å². The number of halogens is 1. The van der Waals surface area contributed by atoms with Crippen molar-refractivity contribution in [3.8, 4) is 5.75 Å². The number of furan rings is 1. The minimum Gasteiger partial charge on any atom is -0.494 e. The van der Waals surface area contributed by atoms with Gasteiger partial charge in [-0.3, -0.25) is 0 Å². The van der Waals surface area contributed by atoms with E-state index in [2.05, 4.69) is 0 Å². The van der Waals surface area contributed by atoms with Crippen LogP contribution in [0.25, 0.3) is 11.0 Å². The molecule has 0 fully saturated rings. The Kier molecular flexibility index (Phi) is 3.86. The van der Waals surface area contributed by atoms with Gasteiger partial charge in [0, 0.05) is 10.4 Å². The molecule has 4 heteroatoms. The largest absolute Gasteiger partial charge is 0.494 e. The van der Waals surface area contributed by atoms with Crippen molar-refractivity contribution in [2.75, 3.05) is 6.61 Å². The first-order valence-electron chi connectivity index (χ1n) is 6.84. The predicted octanol–water partition coefficient (Wildman–Crippen LogP) is 4.53. The summed E-state index contributed by atoms with van der Waals surface area (Å²) < 4.78 is 11.3. The Bertz CT molecular complexity index is 766. The van der Waals surface area contributed by atoms with E-state index < -0.39 is 0 Å². The first kappa shape index (κ1) is 14.0. The smallest absolute Gasteiger partial charge is 0.134 e. The van der Waals surface area contributed by atoms with E-state index >= 15 is 0 Å². The van der Waals surface area contributed by atoms with E-state index in [-0.39, 0.29) is 6.04 Å². The van der Waals surface area contributed by atoms with Gasteiger partial charge in [0.1, 0.15) is 17.1 Å². The van der Waals surface area contributed by atoms with Crippen LogP contribution in [0.15, 0.2) is 52.9 Å². The standard InChI is InChI=1S/C17H16ClNO2/c1-2-20-14-5-3-4-11(9-14)17(19)16-10-12-8-13(18)6-7-15(12)21-16/h3-10,17H,2,19H2,1H3. The molecule has 1 aromatic heterocycles. The van der Waals surface area contributed by atoms with Crippen molar-refractivity contribution in [1.29, 1.82) is 0 Å². The van der Waals surface area contributed by atoms with Crippen LogP contribution in [0.5, 0.6) is 5.75 Å². The third-order valence-corrected chi connectivity index (χ3v) is 3.57. The Morgan fingerprint density at radius 1 is 1.19 bits per heavy atom. The van der Waals surface area contributed by atoms with Crippen molar-refractivity contribution < 1.29 is 9.15 Å². The summed E-state index contributed by atoms with van der Waals surface area (Å²) in [6, 6.07) is 14.9. The second-order valence-corrected chi connectivity index (χ2v) is 5.25. The summed E-state index contributed by atoms with van der Waals surface area (Å²) in [7, 11) is 0. The van der Waals surface area contributed by atoms with Crippen LogP contribution in [-0.2, 0) is 0 Å². The molecule has 3 aromatic rings. The fourth-order valence-corrected chi connectivity index (χ4v) is 2.50. The summed E-state index contributed by atoms with van der Waals surface area (Å²) in [6.07, 6.45) is 0. The number of benzene rings is 2. The van der Waals surface area contributed by atoms with Crippen LogP contribution in [0.1, 0.15) is 24.3 Å². The van der Waals surface area contributed by atoms with E-state index in [1.165, 1.54) is 0 Å². The Morgan fingerprint density at radius 2 is 2.05 bits per heavy atom. The van der Waals surface area contributed by atoms with Gasteiger partial charge in [-0.05, 0) is 48.9 Å². The Morgan fingerprint density at radius 3 is 2.86 bits per heavy atom. The zero-order valence-electron chi connectivity index (χ0n) is 11.7. The Balaban J connectivity index is 1.95. The molecule has 2 aromatic carbocycles. The van der Waals surface area contributed by atoms with Gasteiger partial charge in [0.2, 0.25) is 0 Å². The lowest BCUT2D eigenvalue weighted by Crippen LogP contribution is -2.10. The highest BCUT2D eigenvalue weighted by Gasteiger charge is 2.15. The highest BCUT2D eigenvalue weighted by molar-refractivity contribution is 6.31. The second kappa shape index (κ2) is 5.80. The number of ether oxygens (including phenoxy) is 1. The van der Waals surface area contributed by atoms with Gasteiger partial charge in [-0.1, -0.05) is 23.7 Å². The average molecular weight is 302 g/mol. The van der Waals surface area contributed by atoms with Crippen LogP contribution in [0.2, 0.25) is 5.02 Å². The van der Waals surface area contributed by atoms with Crippen LogP contribution in [0, 0.1) is 0 Å². The van der Waals surface area contributed by atoms with Crippen molar-refractivity contribution in [1.82, 2.24) is 0 Å². The van der Waals surface area contributed by atoms with Gasteiger partial charge in [-0.25, -0.2) is 0 Å². The third-order valence-electron chi connectivity index (χ3n) is 3.33. The normalized spacial score (nSPS) is 12.5. The molecular formula is C17H16ClNO2. The molecule has 0 radical (unpaired) electrons. The first-order chi connectivity index (χ1) is 10.2. The van der Waals surface area contributed by atoms with Crippen LogP contribution >= 0.6 is 11.6 Å². The molecule has 108 valence electrons. The molecule has 0 bridgehead atoms. The SMILES string of the molecule is CCOc1cccc(C(N)c2cc3cc(Cl)ccc3o2)c1. The minimum absolute atomic E-state index is 0.336. The fourth-order valence-electron chi connectivity index (χ4n) is 2.32. The second-order valence-electron chi connectivity index (χ2n) is 4.81. The molecule has 3 nitrogen and oxygen atoms in total. The summed E-state index contributed by atoms with van der Waals surface area (Å²) in [4.78, 5) is 0. The Labute approximate surface area is 128 Å². The maximum Gasteiger partial charge on any atom is 0.134 e. The van der Waals surface area contributed by atoms with Crippen molar-refractivity contribution in [2.45, 2.75) is 13.0 Å². The van der Waals surface area contributed by atoms with E-state index in [9.17, 15) is 0 Å². The van der Waals surface area contributed by atoms with Gasteiger partial charge in [0.05, 0.1) is 12.6 Å². The van der Waals surface area contributed by atoms with Crippen molar-refractivity contribution >= 4 is 22.6 Å². The van der Waals surface area contributed by atoms with Gasteiger partial charge in [0.25, 0.3) is 0 Å². The molecule has 2 N–H and O–H groups in total. The van der Waals surface area contributed by atoms with Gasteiger partial charge in [-0.15, -0.1) is 0 Å². The summed E-state index contributed by atoms with van der Waals surface area (Å²) in [5.41, 5.74) is 8.03. The molecule has 0 amide bonds. The number of hydrogen-bond donors (Lipinski definition) is 1. The summed E-state index contributed by atoms with van der Waals surface area (Å²) in [5, 5.41) is 1.63. The maximum atomic E-state index is 6.30. The zero-order chi connectivity index (χ0) is 14.8. The molecule has 0 saturated heterocycles. The number of nitrogens with two attached hydrogens (primary N) is 1. The summed E-state index contributed by atoms with van der Waals surface area (Å²) in [5.74, 6) is 1.52. The van der Waals surface area contributed by atoms with Gasteiger partial charge >= 0.3 is 0 Å². The van der Waals surface area contributed by atoms with E-state index in [0.717, 1.165) is 22.3 Å². The monoisotopic (exact) mass is 301 g/mol. The zero-order valence-corrected chi connectivity index (χ0v) is 12.4. The van der Waals surface area contributed by atoms with Gasteiger partial charge < -0.3 is 14.9 Å². The number of fused-ring (bicyclic) bond motifs is 1. The highest BCUT2D eigenvalue weighted by Crippen LogP contribution is 2.29. The van der Waals surface area contributed by atoms with Crippen molar-refractivity contribution in [2.24, 2.45) is 5.73 Å². The van der Waals surface area contributed by atoms with E-state index in [1.54, 1.807) is 6.07 Å². The molecule has 21 heavy (non-hydrogen) atoms. The molecule has 0 spiro atoms. The van der Waals surface area contributed by atoms with Gasteiger partial charge in [-0.2, -0.15) is 0 Å². The molecule has 1 heterocycles. The highest BCUT2D eigenvalue weighted by atomic mass is 35.5. The van der Waals surface area contributed by atoms with Gasteiger partial charge in [0.15, 0.2) is 0 Å². The lowest BCUT2D eigenvalue weighted by molar-refractivity contribution is 0.339. The van der Waals surface area contributed by atoms with Crippen LogP contribution in [0.4, 0.5) is 0 Å². The average Bonchev–Trinajstić information content (AvgIpc) is 2.90. The molecule has 0 aliphatic carbocycles. The maximum absolute atomic E-state index is 6.30. The Hall–Kier alpha value is -1.97. The lowest BCUT2D eigenvalue weighted by atomic mass is 10.0. The predicted molar refractivity (Wildman–Crippen MR) is 84.9 cm³/mol. The molecule has 1 atom stereocenters. The number of rotatable bonds is 4. The van der Waals surface area contributed by atoms with E-state index in [0.29, 0.717) is 17.4 Å². The third kappa shape index (κ3) is 2.89. The topological polar surface area (TPSA) is 48.4 Å². The van der Waals surface area contributed by atoms with Crippen LogP contribution in [-0.4, -0.2) is 6.61 Å². The summed E-state index contributed by atoms with van der Waals surface area (Å²) >= 11 is 5.99. The van der Waals surface area contributed by atoms with E-state index in [4.69, 9.17) is 26.5 Å². The van der Waals surface area contributed by atoms with Crippen LogP contribution < -0.4 is 10.5 Å². The van der Waals surface area contributed by atoms with Crippen molar-refractivity contribution in [3.05, 3.63) is 64.9 Å². The van der Waals surface area contributed by atoms with E-state index in [1.807, 2.05) is 49.4 Å². The fraction of sp³-hybridized carbons (Fsp3) is 0.176. The molecule has 1 unspecified atom stereocenters. The van der Waals surface area contributed by atoms with Crippen molar-refractivity contribution in [3.63, 3.8) is 0 Å². The summed E-state index contributed by atoms with van der Waals surface area (Å²) in [6.45, 7) is 2.58. The molecule has 0 aliphatic heterocycles. The molecule has 3 rings (SSSR count). The number of hydrogen-bond acceptors (Lipinski definition) is 3. The molecule has 0 saturated carbocycles. The molecular weight excluding hydrogens is 286 g/mol. The first-order valence-corrected chi connectivity index (χ1v) is 7.22. The lowest BCUT2D eigenvalue weighted by Gasteiger charge is -2.11. The quantitative estimate of drug-likeness (QED) is 0.770.